The minimum Gasteiger partial charge on any atom is -0.192 e. The molecule has 112 valence electrons. The normalized spacial score (nSPS) is 11.2. The Kier molecular flexibility index (Phi) is 5.19. The molecule has 0 saturated carbocycles. The summed E-state index contributed by atoms with van der Waals surface area (Å²) in [6.07, 6.45) is 1.94. The SMILES string of the molecule is N#C/C(=C\c1ccc(Sc2ccc(Cl)cc2)s1)c1ccccc1. The summed E-state index contributed by atoms with van der Waals surface area (Å²) in [4.78, 5) is 2.22. The van der Waals surface area contributed by atoms with E-state index < -0.39 is 0 Å². The van der Waals surface area contributed by atoms with Crippen molar-refractivity contribution in [3.05, 3.63) is 82.2 Å². The summed E-state index contributed by atoms with van der Waals surface area (Å²) >= 11 is 9.27. The fraction of sp³-hybridized carbons (Fsp3) is 0. The van der Waals surface area contributed by atoms with Gasteiger partial charge >= 0.3 is 0 Å². The van der Waals surface area contributed by atoms with Crippen molar-refractivity contribution in [1.29, 1.82) is 5.26 Å². The van der Waals surface area contributed by atoms with Crippen LogP contribution in [0.1, 0.15) is 10.4 Å². The summed E-state index contributed by atoms with van der Waals surface area (Å²) in [6.45, 7) is 0. The number of benzene rings is 2. The van der Waals surface area contributed by atoms with Gasteiger partial charge in [0, 0.05) is 14.8 Å². The minimum atomic E-state index is 0.676. The van der Waals surface area contributed by atoms with Crippen LogP contribution in [0.15, 0.2) is 75.8 Å². The molecule has 0 aliphatic rings. The largest absolute Gasteiger partial charge is 0.192 e. The smallest absolute Gasteiger partial charge is 0.0998 e. The van der Waals surface area contributed by atoms with E-state index in [-0.39, 0.29) is 0 Å². The molecule has 0 bridgehead atoms. The van der Waals surface area contributed by atoms with E-state index >= 15 is 0 Å². The van der Waals surface area contributed by atoms with Crippen LogP contribution in [0.25, 0.3) is 11.6 Å². The second kappa shape index (κ2) is 7.52. The fourth-order valence-electron chi connectivity index (χ4n) is 2.03. The summed E-state index contributed by atoms with van der Waals surface area (Å²) in [5, 5.41) is 10.1. The van der Waals surface area contributed by atoms with Gasteiger partial charge in [-0.1, -0.05) is 53.7 Å². The van der Waals surface area contributed by atoms with Crippen LogP contribution in [0.2, 0.25) is 5.02 Å². The lowest BCUT2D eigenvalue weighted by Gasteiger charge is -1.98. The second-order valence-electron chi connectivity index (χ2n) is 4.75. The Balaban J connectivity index is 1.80. The van der Waals surface area contributed by atoms with E-state index in [4.69, 9.17) is 11.6 Å². The highest BCUT2D eigenvalue weighted by Crippen LogP contribution is 2.35. The maximum absolute atomic E-state index is 9.38. The van der Waals surface area contributed by atoms with Gasteiger partial charge in [0.2, 0.25) is 0 Å². The molecule has 1 nitrogen and oxygen atoms in total. The van der Waals surface area contributed by atoms with Crippen molar-refractivity contribution < 1.29 is 0 Å². The Morgan fingerprint density at radius 3 is 2.43 bits per heavy atom. The van der Waals surface area contributed by atoms with Gasteiger partial charge in [-0.25, -0.2) is 0 Å². The fourth-order valence-corrected chi connectivity index (χ4v) is 4.22. The molecule has 3 rings (SSSR count). The molecule has 2 aromatic carbocycles. The van der Waals surface area contributed by atoms with E-state index in [1.54, 1.807) is 23.1 Å². The number of nitriles is 1. The Morgan fingerprint density at radius 2 is 1.74 bits per heavy atom. The third-order valence-corrected chi connectivity index (χ3v) is 5.55. The Morgan fingerprint density at radius 1 is 1.00 bits per heavy atom. The minimum absolute atomic E-state index is 0.676. The van der Waals surface area contributed by atoms with Crippen LogP contribution < -0.4 is 0 Å². The summed E-state index contributed by atoms with van der Waals surface area (Å²) in [5.41, 5.74) is 1.62. The molecule has 23 heavy (non-hydrogen) atoms. The highest BCUT2D eigenvalue weighted by Gasteiger charge is 2.04. The first-order valence-corrected chi connectivity index (χ1v) is 8.96. The molecule has 0 unspecified atom stereocenters. The standard InChI is InChI=1S/C19H12ClNS2/c20-16-6-8-17(9-7-16)22-19-11-10-18(23-19)12-15(13-21)14-4-2-1-3-5-14/h1-12H/b15-12+. The molecule has 0 spiro atoms. The number of hydrogen-bond donors (Lipinski definition) is 0. The second-order valence-corrected chi connectivity index (χ2v) is 7.67. The number of thiophene rings is 1. The van der Waals surface area contributed by atoms with Crippen molar-refractivity contribution in [1.82, 2.24) is 0 Å². The molecular weight excluding hydrogens is 342 g/mol. The molecule has 0 N–H and O–H groups in total. The van der Waals surface area contributed by atoms with Gasteiger partial charge < -0.3 is 0 Å². The predicted molar refractivity (Wildman–Crippen MR) is 99.8 cm³/mol. The van der Waals surface area contributed by atoms with Crippen molar-refractivity contribution in [3.8, 4) is 6.07 Å². The topological polar surface area (TPSA) is 23.8 Å². The van der Waals surface area contributed by atoms with Crippen molar-refractivity contribution in [2.75, 3.05) is 0 Å². The number of halogens is 1. The lowest BCUT2D eigenvalue weighted by Crippen LogP contribution is -1.79. The summed E-state index contributed by atoms with van der Waals surface area (Å²) in [7, 11) is 0. The average molecular weight is 354 g/mol. The van der Waals surface area contributed by atoms with E-state index in [0.717, 1.165) is 20.4 Å². The number of allylic oxidation sites excluding steroid dienone is 1. The first-order chi connectivity index (χ1) is 11.2. The van der Waals surface area contributed by atoms with Crippen LogP contribution in [0, 0.1) is 11.3 Å². The molecule has 0 aliphatic heterocycles. The molecule has 4 heteroatoms. The van der Waals surface area contributed by atoms with E-state index in [2.05, 4.69) is 12.1 Å². The van der Waals surface area contributed by atoms with Gasteiger partial charge in [-0.2, -0.15) is 5.26 Å². The molecule has 0 radical (unpaired) electrons. The van der Waals surface area contributed by atoms with Gasteiger partial charge in [-0.15, -0.1) is 11.3 Å². The van der Waals surface area contributed by atoms with Crippen molar-refractivity contribution in [3.63, 3.8) is 0 Å². The van der Waals surface area contributed by atoms with E-state index in [1.165, 1.54) is 4.21 Å². The highest BCUT2D eigenvalue weighted by molar-refractivity contribution is 8.01. The molecule has 0 amide bonds. The lowest BCUT2D eigenvalue weighted by molar-refractivity contribution is 1.46. The van der Waals surface area contributed by atoms with Crippen LogP contribution in [0.4, 0.5) is 0 Å². The summed E-state index contributed by atoms with van der Waals surface area (Å²) < 4.78 is 1.18. The van der Waals surface area contributed by atoms with Crippen LogP contribution in [0.5, 0.6) is 0 Å². The maximum atomic E-state index is 9.38. The van der Waals surface area contributed by atoms with E-state index in [9.17, 15) is 5.26 Å². The monoisotopic (exact) mass is 353 g/mol. The molecule has 0 atom stereocenters. The number of rotatable bonds is 4. The highest BCUT2D eigenvalue weighted by atomic mass is 35.5. The molecule has 0 saturated heterocycles. The third-order valence-electron chi connectivity index (χ3n) is 3.13. The van der Waals surface area contributed by atoms with Gasteiger partial charge in [0.15, 0.2) is 0 Å². The van der Waals surface area contributed by atoms with Crippen molar-refractivity contribution in [2.24, 2.45) is 0 Å². The zero-order valence-electron chi connectivity index (χ0n) is 12.1. The molecular formula is C19H12ClNS2. The molecule has 1 aromatic heterocycles. The number of nitrogens with zero attached hydrogens (tertiary/aromatic N) is 1. The zero-order chi connectivity index (χ0) is 16.1. The quantitative estimate of drug-likeness (QED) is 0.492. The first-order valence-electron chi connectivity index (χ1n) is 6.95. The maximum Gasteiger partial charge on any atom is 0.0998 e. The molecule has 0 fully saturated rings. The summed E-state index contributed by atoms with van der Waals surface area (Å²) in [6, 6.07) is 23.9. The first kappa shape index (κ1) is 15.9. The lowest BCUT2D eigenvalue weighted by atomic mass is 10.1. The Bertz CT molecular complexity index is 858. The van der Waals surface area contributed by atoms with Crippen LogP contribution in [0.3, 0.4) is 0 Å². The van der Waals surface area contributed by atoms with Gasteiger partial charge in [0.05, 0.1) is 15.9 Å². The zero-order valence-corrected chi connectivity index (χ0v) is 14.5. The third kappa shape index (κ3) is 4.27. The average Bonchev–Trinajstić information content (AvgIpc) is 3.03. The van der Waals surface area contributed by atoms with Gasteiger partial charge in [0.25, 0.3) is 0 Å². The van der Waals surface area contributed by atoms with Crippen molar-refractivity contribution >= 4 is 46.3 Å². The molecule has 3 aromatic rings. The Labute approximate surface area is 148 Å². The molecule has 0 aliphatic carbocycles. The van der Waals surface area contributed by atoms with E-state index in [0.29, 0.717) is 5.57 Å². The predicted octanol–water partition coefficient (Wildman–Crippen LogP) is 6.62. The van der Waals surface area contributed by atoms with Crippen LogP contribution in [-0.4, -0.2) is 0 Å². The van der Waals surface area contributed by atoms with Gasteiger partial charge in [-0.3, -0.25) is 0 Å². The van der Waals surface area contributed by atoms with Crippen LogP contribution >= 0.6 is 34.7 Å². The summed E-state index contributed by atoms with van der Waals surface area (Å²) in [5.74, 6) is 0. The molecule has 1 heterocycles. The Hall–Kier alpha value is -1.99. The van der Waals surface area contributed by atoms with Crippen LogP contribution in [-0.2, 0) is 0 Å². The van der Waals surface area contributed by atoms with Crippen molar-refractivity contribution in [2.45, 2.75) is 9.10 Å². The van der Waals surface area contributed by atoms with Gasteiger partial charge in [0.1, 0.15) is 0 Å². The van der Waals surface area contributed by atoms with E-state index in [1.807, 2.05) is 66.7 Å². The number of hydrogen-bond acceptors (Lipinski definition) is 3. The van der Waals surface area contributed by atoms with Gasteiger partial charge in [-0.05, 0) is 48.0 Å².